The summed E-state index contributed by atoms with van der Waals surface area (Å²) in [4.78, 5) is 9.30. The molecule has 0 atom stereocenters. The molecular formula is C2H3O3P. The van der Waals surface area contributed by atoms with Gasteiger partial charge in [-0.1, -0.05) is 0 Å². The van der Waals surface area contributed by atoms with Crippen molar-refractivity contribution < 1.29 is 13.9 Å². The van der Waals surface area contributed by atoms with Crippen LogP contribution in [0.2, 0.25) is 0 Å². The summed E-state index contributed by atoms with van der Waals surface area (Å²) in [6.07, 6.45) is 0.533. The largest absolute Gasteiger partial charge is 0.327 e. The third kappa shape index (κ3) is 3.73. The molecule has 0 aliphatic carbocycles. The van der Waals surface area contributed by atoms with Crippen molar-refractivity contribution in [3.05, 3.63) is 0 Å². The monoisotopic (exact) mass is 106 g/mol. The lowest BCUT2D eigenvalue weighted by Gasteiger charge is -1.72. The van der Waals surface area contributed by atoms with Gasteiger partial charge in [-0.2, -0.15) is 0 Å². The number of hydrogen-bond donors (Lipinski definition) is 0. The van der Waals surface area contributed by atoms with Gasteiger partial charge in [0.15, 0.2) is 0 Å². The number of hydrogen-bond acceptors (Lipinski definition) is 3. The Bertz CT molecular complexity index is 44.8. The van der Waals surface area contributed by atoms with Crippen molar-refractivity contribution in [2.75, 3.05) is 6.61 Å². The fourth-order valence-corrected chi connectivity index (χ4v) is 0.183. The number of carbonyl (C=O) groups is 1. The molecule has 0 radical (unpaired) electrons. The highest BCUT2D eigenvalue weighted by Gasteiger charge is 1.73. The molecule has 0 spiro atoms. The van der Waals surface area contributed by atoms with E-state index in [0.717, 1.165) is 0 Å². The van der Waals surface area contributed by atoms with E-state index in [2.05, 4.69) is 4.52 Å². The van der Waals surface area contributed by atoms with Gasteiger partial charge in [0.1, 0.15) is 12.9 Å². The third-order valence-electron chi connectivity index (χ3n) is 0.195. The van der Waals surface area contributed by atoms with Crippen molar-refractivity contribution in [3.8, 4) is 0 Å². The molecule has 0 saturated carbocycles. The van der Waals surface area contributed by atoms with Crippen LogP contribution < -0.4 is 0 Å². The summed E-state index contributed by atoms with van der Waals surface area (Å²) in [6, 6.07) is 0. The predicted octanol–water partition coefficient (Wildman–Crippen LogP) is 0.409. The molecule has 0 N–H and O–H groups in total. The molecule has 0 aromatic rings. The Morgan fingerprint density at radius 1 is 1.83 bits per heavy atom. The molecule has 6 heavy (non-hydrogen) atoms. The smallest absolute Gasteiger partial charge is 0.301 e. The van der Waals surface area contributed by atoms with Crippen LogP contribution in [0.15, 0.2) is 0 Å². The third-order valence-corrected chi connectivity index (χ3v) is 0.450. The van der Waals surface area contributed by atoms with Crippen LogP contribution in [0, 0.1) is 0 Å². The molecule has 0 aliphatic rings. The normalized spacial score (nSPS) is 8.67. The molecule has 0 aromatic carbocycles. The van der Waals surface area contributed by atoms with Gasteiger partial charge in [-0.3, -0.25) is 4.52 Å². The lowest BCUT2D eigenvalue weighted by Crippen LogP contribution is -1.79. The highest BCUT2D eigenvalue weighted by molar-refractivity contribution is 7.17. The van der Waals surface area contributed by atoms with Crippen molar-refractivity contribution >= 4 is 15.0 Å². The average molecular weight is 106 g/mol. The van der Waals surface area contributed by atoms with Crippen LogP contribution in [0.3, 0.4) is 0 Å². The van der Waals surface area contributed by atoms with E-state index in [1.165, 1.54) is 0 Å². The minimum atomic E-state index is -0.436. The SMILES string of the molecule is O=CCOP=O. The van der Waals surface area contributed by atoms with Crippen molar-refractivity contribution in [2.45, 2.75) is 0 Å². The van der Waals surface area contributed by atoms with Gasteiger partial charge in [0.05, 0.1) is 0 Å². The second-order valence-electron chi connectivity index (χ2n) is 0.537. The van der Waals surface area contributed by atoms with Gasteiger partial charge in [-0.25, -0.2) is 4.57 Å². The Morgan fingerprint density at radius 3 is 2.67 bits per heavy atom. The zero-order chi connectivity index (χ0) is 4.83. The second-order valence-corrected chi connectivity index (χ2v) is 0.944. The minimum absolute atomic E-state index is 0.0922. The van der Waals surface area contributed by atoms with Gasteiger partial charge in [0.2, 0.25) is 0 Å². The molecule has 0 amide bonds. The topological polar surface area (TPSA) is 43.4 Å². The summed E-state index contributed by atoms with van der Waals surface area (Å²) in [5, 5.41) is 0. The zero-order valence-corrected chi connectivity index (χ0v) is 3.85. The van der Waals surface area contributed by atoms with Gasteiger partial charge in [-0.05, 0) is 0 Å². The minimum Gasteiger partial charge on any atom is -0.301 e. The summed E-state index contributed by atoms with van der Waals surface area (Å²) in [5.41, 5.74) is 0. The number of rotatable bonds is 3. The standard InChI is InChI=1S/C2H3O3P/c3-1-2-5-6-4/h1H,2H2. The first-order valence-electron chi connectivity index (χ1n) is 1.30. The number of carbonyl (C=O) groups excluding carboxylic acids is 1. The Balaban J connectivity index is 2.66. The van der Waals surface area contributed by atoms with E-state index < -0.39 is 8.69 Å². The van der Waals surface area contributed by atoms with Crippen LogP contribution in [0.25, 0.3) is 0 Å². The summed E-state index contributed by atoms with van der Waals surface area (Å²) < 4.78 is 13.3. The summed E-state index contributed by atoms with van der Waals surface area (Å²) in [6.45, 7) is -0.0922. The molecule has 3 nitrogen and oxygen atoms in total. The highest BCUT2D eigenvalue weighted by Crippen LogP contribution is 1.88. The van der Waals surface area contributed by atoms with E-state index in [9.17, 15) is 9.36 Å². The molecule has 0 bridgehead atoms. The maximum Gasteiger partial charge on any atom is 0.327 e. The Labute approximate surface area is 36.6 Å². The highest BCUT2D eigenvalue weighted by atomic mass is 31.1. The molecule has 34 valence electrons. The Hall–Kier alpha value is -0.270. The van der Waals surface area contributed by atoms with Crippen molar-refractivity contribution in [2.24, 2.45) is 0 Å². The van der Waals surface area contributed by atoms with Crippen LogP contribution in [-0.4, -0.2) is 12.9 Å². The van der Waals surface area contributed by atoms with Crippen LogP contribution in [-0.2, 0) is 13.9 Å². The van der Waals surface area contributed by atoms with Gasteiger partial charge in [0.25, 0.3) is 0 Å². The fourth-order valence-electron chi connectivity index (χ4n) is 0.0609. The van der Waals surface area contributed by atoms with E-state index in [1.54, 1.807) is 0 Å². The van der Waals surface area contributed by atoms with Crippen molar-refractivity contribution in [1.29, 1.82) is 0 Å². The molecular weight excluding hydrogens is 103 g/mol. The van der Waals surface area contributed by atoms with Gasteiger partial charge in [-0.15, -0.1) is 0 Å². The molecule has 4 heteroatoms. The number of aldehydes is 1. The molecule has 0 fully saturated rings. The first kappa shape index (κ1) is 5.73. The fraction of sp³-hybridized carbons (Fsp3) is 0.500. The first-order chi connectivity index (χ1) is 2.91. The lowest BCUT2D eigenvalue weighted by molar-refractivity contribution is -0.109. The van der Waals surface area contributed by atoms with E-state index >= 15 is 0 Å². The zero-order valence-electron chi connectivity index (χ0n) is 2.96. The van der Waals surface area contributed by atoms with Crippen LogP contribution in [0.5, 0.6) is 0 Å². The van der Waals surface area contributed by atoms with Crippen LogP contribution in [0.1, 0.15) is 0 Å². The maximum atomic E-state index is 9.30. The summed E-state index contributed by atoms with van der Waals surface area (Å²) >= 11 is 0. The van der Waals surface area contributed by atoms with E-state index in [4.69, 9.17) is 0 Å². The van der Waals surface area contributed by atoms with E-state index in [1.807, 2.05) is 0 Å². The molecule has 0 rings (SSSR count). The van der Waals surface area contributed by atoms with Gasteiger partial charge in [0, 0.05) is 0 Å². The van der Waals surface area contributed by atoms with Crippen LogP contribution >= 0.6 is 8.69 Å². The summed E-state index contributed by atoms with van der Waals surface area (Å²) in [5.74, 6) is 0. The average Bonchev–Trinajstić information content (AvgIpc) is 1.61. The van der Waals surface area contributed by atoms with Gasteiger partial charge < -0.3 is 4.79 Å². The first-order valence-corrected chi connectivity index (χ1v) is 2.03. The Kier molecular flexibility index (Phi) is 4.52. The summed E-state index contributed by atoms with van der Waals surface area (Å²) in [7, 11) is -0.436. The quantitative estimate of drug-likeness (QED) is 0.297. The van der Waals surface area contributed by atoms with E-state index in [-0.39, 0.29) is 6.61 Å². The predicted molar refractivity (Wildman–Crippen MR) is 19.6 cm³/mol. The van der Waals surface area contributed by atoms with E-state index in [0.29, 0.717) is 6.29 Å². The molecule has 0 aliphatic heterocycles. The molecule has 0 aromatic heterocycles. The second kappa shape index (κ2) is 4.73. The molecule has 0 saturated heterocycles. The molecule has 0 heterocycles. The maximum absolute atomic E-state index is 9.30. The van der Waals surface area contributed by atoms with Gasteiger partial charge >= 0.3 is 8.69 Å². The molecule has 0 unspecified atom stereocenters. The van der Waals surface area contributed by atoms with Crippen molar-refractivity contribution in [3.63, 3.8) is 0 Å². The lowest BCUT2D eigenvalue weighted by atomic mass is 10.9. The Morgan fingerprint density at radius 2 is 2.50 bits per heavy atom. The van der Waals surface area contributed by atoms with Crippen LogP contribution in [0.4, 0.5) is 0 Å². The van der Waals surface area contributed by atoms with Crippen molar-refractivity contribution in [1.82, 2.24) is 0 Å².